The number of nitrogens with one attached hydrogen (secondary N) is 2. The Hall–Kier alpha value is -1.05. The topological polar surface area (TPSA) is 70.2 Å². The van der Waals surface area contributed by atoms with Crippen LogP contribution in [-0.4, -0.2) is 53.7 Å². The van der Waals surface area contributed by atoms with Crippen molar-refractivity contribution in [3.05, 3.63) is 5.01 Å². The van der Waals surface area contributed by atoms with Gasteiger partial charge in [0.25, 0.3) is 0 Å². The number of anilines is 1. The number of hydrogen-bond acceptors (Lipinski definition) is 6. The molecule has 1 rings (SSSR count). The van der Waals surface area contributed by atoms with Gasteiger partial charge in [0, 0.05) is 0 Å². The van der Waals surface area contributed by atoms with E-state index >= 15 is 0 Å². The van der Waals surface area contributed by atoms with Crippen molar-refractivity contribution < 1.29 is 4.79 Å². The summed E-state index contributed by atoms with van der Waals surface area (Å²) in [4.78, 5) is 14.0. The fourth-order valence-electron chi connectivity index (χ4n) is 1.68. The van der Waals surface area contributed by atoms with Gasteiger partial charge in [-0.05, 0) is 39.5 Å². The van der Waals surface area contributed by atoms with Crippen LogP contribution in [0.3, 0.4) is 0 Å². The lowest BCUT2D eigenvalue weighted by molar-refractivity contribution is -0.115. The largest absolute Gasteiger partial charge is 0.308 e. The second-order valence-corrected chi connectivity index (χ2v) is 5.41. The van der Waals surface area contributed by atoms with Crippen molar-refractivity contribution >= 4 is 22.4 Å². The monoisotopic (exact) mass is 285 g/mol. The molecule has 0 saturated heterocycles. The molecule has 0 aliphatic heterocycles. The molecule has 0 aliphatic rings. The van der Waals surface area contributed by atoms with Gasteiger partial charge in [-0.3, -0.25) is 10.1 Å². The normalized spacial score (nSPS) is 10.9. The average molecular weight is 285 g/mol. The Kier molecular flexibility index (Phi) is 7.54. The van der Waals surface area contributed by atoms with E-state index in [9.17, 15) is 4.79 Å². The quantitative estimate of drug-likeness (QED) is 0.665. The van der Waals surface area contributed by atoms with E-state index in [1.54, 1.807) is 0 Å². The minimum Gasteiger partial charge on any atom is -0.308 e. The van der Waals surface area contributed by atoms with E-state index in [-0.39, 0.29) is 5.91 Å². The van der Waals surface area contributed by atoms with Crippen molar-refractivity contribution in [1.29, 1.82) is 0 Å². The molecule has 0 aromatic carbocycles. The Labute approximate surface area is 118 Å². The molecule has 7 heteroatoms. The maximum absolute atomic E-state index is 11.6. The third-order valence-corrected chi connectivity index (χ3v) is 3.53. The van der Waals surface area contributed by atoms with Gasteiger partial charge in [0.05, 0.1) is 6.54 Å². The lowest BCUT2D eigenvalue weighted by Gasteiger charge is -2.17. The first kappa shape index (κ1) is 16.0. The first-order valence-electron chi connectivity index (χ1n) is 6.68. The minimum atomic E-state index is -0.0704. The standard InChI is InChI=1S/C12H23N5OS/c1-4-17(5-2)8-6-7-13-9-11(18)14-12-16-15-10(3)19-12/h13H,4-9H2,1-3H3,(H,14,16,18). The maximum Gasteiger partial charge on any atom is 0.240 e. The molecule has 19 heavy (non-hydrogen) atoms. The molecule has 0 unspecified atom stereocenters. The second kappa shape index (κ2) is 8.95. The van der Waals surface area contributed by atoms with Gasteiger partial charge < -0.3 is 10.2 Å². The van der Waals surface area contributed by atoms with E-state index in [1.807, 2.05) is 6.92 Å². The third-order valence-electron chi connectivity index (χ3n) is 2.78. The van der Waals surface area contributed by atoms with Crippen LogP contribution in [0.2, 0.25) is 0 Å². The molecule has 0 radical (unpaired) electrons. The van der Waals surface area contributed by atoms with Gasteiger partial charge in [0.15, 0.2) is 0 Å². The molecule has 0 spiro atoms. The van der Waals surface area contributed by atoms with Gasteiger partial charge in [0.1, 0.15) is 5.01 Å². The Balaban J connectivity index is 2.07. The highest BCUT2D eigenvalue weighted by atomic mass is 32.1. The van der Waals surface area contributed by atoms with E-state index in [1.165, 1.54) is 11.3 Å². The fraction of sp³-hybridized carbons (Fsp3) is 0.750. The van der Waals surface area contributed by atoms with E-state index in [2.05, 4.69) is 39.6 Å². The summed E-state index contributed by atoms with van der Waals surface area (Å²) in [5.74, 6) is -0.0704. The molecule has 0 bridgehead atoms. The molecule has 2 N–H and O–H groups in total. The van der Waals surface area contributed by atoms with Crippen molar-refractivity contribution in [2.24, 2.45) is 0 Å². The fourth-order valence-corrected chi connectivity index (χ4v) is 2.29. The minimum absolute atomic E-state index is 0.0704. The van der Waals surface area contributed by atoms with Crippen LogP contribution in [0, 0.1) is 6.92 Å². The summed E-state index contributed by atoms with van der Waals surface area (Å²) in [5, 5.41) is 15.0. The summed E-state index contributed by atoms with van der Waals surface area (Å²) in [6.45, 7) is 10.6. The van der Waals surface area contributed by atoms with Gasteiger partial charge in [-0.2, -0.15) is 0 Å². The summed E-state index contributed by atoms with van der Waals surface area (Å²) < 4.78 is 0. The van der Waals surface area contributed by atoms with Crippen molar-refractivity contribution in [2.45, 2.75) is 27.2 Å². The highest BCUT2D eigenvalue weighted by molar-refractivity contribution is 7.15. The molecule has 0 atom stereocenters. The summed E-state index contributed by atoms with van der Waals surface area (Å²) in [5.41, 5.74) is 0. The number of hydrogen-bond donors (Lipinski definition) is 2. The van der Waals surface area contributed by atoms with Crippen LogP contribution in [0.4, 0.5) is 5.13 Å². The Morgan fingerprint density at radius 3 is 2.63 bits per heavy atom. The van der Waals surface area contributed by atoms with E-state index in [4.69, 9.17) is 0 Å². The molecule has 108 valence electrons. The first-order chi connectivity index (χ1) is 9.15. The van der Waals surface area contributed by atoms with E-state index in [0.717, 1.165) is 37.6 Å². The Morgan fingerprint density at radius 2 is 2.05 bits per heavy atom. The van der Waals surface area contributed by atoms with E-state index in [0.29, 0.717) is 11.7 Å². The molecule has 1 aromatic heterocycles. The van der Waals surface area contributed by atoms with Crippen molar-refractivity contribution in [3.8, 4) is 0 Å². The van der Waals surface area contributed by atoms with Gasteiger partial charge in [-0.1, -0.05) is 25.2 Å². The van der Waals surface area contributed by atoms with Crippen molar-refractivity contribution in [3.63, 3.8) is 0 Å². The molecule has 0 saturated carbocycles. The Morgan fingerprint density at radius 1 is 1.32 bits per heavy atom. The summed E-state index contributed by atoms with van der Waals surface area (Å²) >= 11 is 1.38. The van der Waals surface area contributed by atoms with Crippen LogP contribution in [0.15, 0.2) is 0 Å². The van der Waals surface area contributed by atoms with Crippen molar-refractivity contribution in [1.82, 2.24) is 20.4 Å². The predicted molar refractivity (Wildman–Crippen MR) is 78.6 cm³/mol. The second-order valence-electron chi connectivity index (χ2n) is 4.23. The van der Waals surface area contributed by atoms with Crippen LogP contribution in [-0.2, 0) is 4.79 Å². The lowest BCUT2D eigenvalue weighted by atomic mass is 10.3. The zero-order chi connectivity index (χ0) is 14.1. The third kappa shape index (κ3) is 6.60. The number of carbonyl (C=O) groups is 1. The molecule has 6 nitrogen and oxygen atoms in total. The number of rotatable bonds is 9. The molecule has 1 heterocycles. The number of amides is 1. The molecular weight excluding hydrogens is 262 g/mol. The highest BCUT2D eigenvalue weighted by Crippen LogP contribution is 2.12. The van der Waals surface area contributed by atoms with Gasteiger partial charge in [0.2, 0.25) is 11.0 Å². The maximum atomic E-state index is 11.6. The summed E-state index contributed by atoms with van der Waals surface area (Å²) in [6, 6.07) is 0. The summed E-state index contributed by atoms with van der Waals surface area (Å²) in [7, 11) is 0. The Bertz CT molecular complexity index is 378. The average Bonchev–Trinajstić information content (AvgIpc) is 2.79. The molecule has 0 aliphatic carbocycles. The zero-order valence-electron chi connectivity index (χ0n) is 11.9. The molecule has 0 fully saturated rings. The number of nitrogens with zero attached hydrogens (tertiary/aromatic N) is 3. The van der Waals surface area contributed by atoms with Crippen molar-refractivity contribution in [2.75, 3.05) is 38.0 Å². The zero-order valence-corrected chi connectivity index (χ0v) is 12.7. The van der Waals surface area contributed by atoms with Crippen LogP contribution in [0.5, 0.6) is 0 Å². The van der Waals surface area contributed by atoms with E-state index < -0.39 is 0 Å². The van der Waals surface area contributed by atoms with Gasteiger partial charge >= 0.3 is 0 Å². The van der Waals surface area contributed by atoms with Gasteiger partial charge in [-0.15, -0.1) is 10.2 Å². The molecule has 1 aromatic rings. The SMILES string of the molecule is CCN(CC)CCCNCC(=O)Nc1nnc(C)s1. The van der Waals surface area contributed by atoms with Crippen LogP contribution >= 0.6 is 11.3 Å². The highest BCUT2D eigenvalue weighted by Gasteiger charge is 2.05. The first-order valence-corrected chi connectivity index (χ1v) is 7.50. The predicted octanol–water partition coefficient (Wildman–Crippen LogP) is 1.11. The molecular formula is C12H23N5OS. The number of carbonyl (C=O) groups excluding carboxylic acids is 1. The smallest absolute Gasteiger partial charge is 0.240 e. The lowest BCUT2D eigenvalue weighted by Crippen LogP contribution is -2.31. The number of aryl methyl sites for hydroxylation is 1. The van der Waals surface area contributed by atoms with Crippen LogP contribution in [0.25, 0.3) is 0 Å². The van der Waals surface area contributed by atoms with Gasteiger partial charge in [-0.25, -0.2) is 0 Å². The molecule has 1 amide bonds. The van der Waals surface area contributed by atoms with Crippen LogP contribution in [0.1, 0.15) is 25.3 Å². The summed E-state index contributed by atoms with van der Waals surface area (Å²) in [6.07, 6.45) is 1.05. The number of aromatic nitrogens is 2. The van der Waals surface area contributed by atoms with Crippen LogP contribution < -0.4 is 10.6 Å².